The quantitative estimate of drug-likeness (QED) is 0.850. The van der Waals surface area contributed by atoms with Gasteiger partial charge in [-0.25, -0.2) is 0 Å². The van der Waals surface area contributed by atoms with Gasteiger partial charge in [0.05, 0.1) is 12.8 Å². The second-order valence-corrected chi connectivity index (χ2v) is 5.38. The van der Waals surface area contributed by atoms with Gasteiger partial charge in [0, 0.05) is 18.8 Å². The fraction of sp³-hybridized carbons (Fsp3) is 0.294. The van der Waals surface area contributed by atoms with Crippen molar-refractivity contribution in [2.75, 3.05) is 24.3 Å². The van der Waals surface area contributed by atoms with E-state index >= 15 is 0 Å². The summed E-state index contributed by atoms with van der Waals surface area (Å²) in [7, 11) is 1.73. The van der Waals surface area contributed by atoms with E-state index in [9.17, 15) is 0 Å². The van der Waals surface area contributed by atoms with E-state index in [2.05, 4.69) is 36.1 Å². The summed E-state index contributed by atoms with van der Waals surface area (Å²) < 4.78 is 5.50. The van der Waals surface area contributed by atoms with Crippen LogP contribution in [0, 0.1) is 6.92 Å². The van der Waals surface area contributed by atoms with Gasteiger partial charge in [-0.2, -0.15) is 0 Å². The molecule has 0 spiro atoms. The molecule has 0 saturated heterocycles. The highest BCUT2D eigenvalue weighted by Gasteiger charge is 2.19. The molecule has 3 nitrogen and oxygen atoms in total. The number of nitrogens with zero attached hydrogens (tertiary/aromatic N) is 1. The van der Waals surface area contributed by atoms with Gasteiger partial charge in [0.15, 0.2) is 0 Å². The SMILES string of the molecule is COc1ccc(C)cc1N1CCc2ccc(N)cc2C1. The van der Waals surface area contributed by atoms with Crippen molar-refractivity contribution in [3.8, 4) is 5.75 Å². The number of nitrogens with two attached hydrogens (primary N) is 1. The van der Waals surface area contributed by atoms with E-state index in [4.69, 9.17) is 10.5 Å². The number of anilines is 2. The highest BCUT2D eigenvalue weighted by molar-refractivity contribution is 5.62. The lowest BCUT2D eigenvalue weighted by atomic mass is 9.98. The van der Waals surface area contributed by atoms with Crippen LogP contribution < -0.4 is 15.4 Å². The molecule has 3 rings (SSSR count). The van der Waals surface area contributed by atoms with Crippen LogP contribution in [0.2, 0.25) is 0 Å². The van der Waals surface area contributed by atoms with E-state index in [0.717, 1.165) is 30.9 Å². The summed E-state index contributed by atoms with van der Waals surface area (Å²) in [6.45, 7) is 4.01. The fourth-order valence-corrected chi connectivity index (χ4v) is 2.83. The molecule has 0 atom stereocenters. The van der Waals surface area contributed by atoms with Gasteiger partial charge in [0.2, 0.25) is 0 Å². The Morgan fingerprint density at radius 3 is 2.75 bits per heavy atom. The van der Waals surface area contributed by atoms with Crippen molar-refractivity contribution >= 4 is 11.4 Å². The maximum atomic E-state index is 5.90. The fourth-order valence-electron chi connectivity index (χ4n) is 2.83. The van der Waals surface area contributed by atoms with Crippen molar-refractivity contribution < 1.29 is 4.74 Å². The topological polar surface area (TPSA) is 38.5 Å². The molecule has 1 aliphatic rings. The first-order valence-corrected chi connectivity index (χ1v) is 6.94. The minimum absolute atomic E-state index is 0.835. The van der Waals surface area contributed by atoms with Crippen LogP contribution in [-0.2, 0) is 13.0 Å². The van der Waals surface area contributed by atoms with Crippen LogP contribution in [0.5, 0.6) is 5.75 Å². The molecule has 0 fully saturated rings. The summed E-state index contributed by atoms with van der Waals surface area (Å²) in [4.78, 5) is 2.37. The summed E-state index contributed by atoms with van der Waals surface area (Å²) >= 11 is 0. The summed E-state index contributed by atoms with van der Waals surface area (Å²) in [5.41, 5.74) is 11.9. The zero-order valence-corrected chi connectivity index (χ0v) is 12.0. The smallest absolute Gasteiger partial charge is 0.142 e. The normalized spacial score (nSPS) is 14.0. The number of methoxy groups -OCH3 is 1. The monoisotopic (exact) mass is 268 g/mol. The molecular weight excluding hydrogens is 248 g/mol. The van der Waals surface area contributed by atoms with E-state index in [1.807, 2.05) is 12.1 Å². The highest BCUT2D eigenvalue weighted by Crippen LogP contribution is 2.33. The van der Waals surface area contributed by atoms with Gasteiger partial charge >= 0.3 is 0 Å². The van der Waals surface area contributed by atoms with Gasteiger partial charge < -0.3 is 15.4 Å². The third-order valence-corrected chi connectivity index (χ3v) is 3.92. The molecule has 0 bridgehead atoms. The van der Waals surface area contributed by atoms with Gasteiger partial charge in [-0.15, -0.1) is 0 Å². The molecule has 0 radical (unpaired) electrons. The summed E-state index contributed by atoms with van der Waals surface area (Å²) in [5, 5.41) is 0. The Morgan fingerprint density at radius 2 is 1.95 bits per heavy atom. The molecule has 0 aliphatic carbocycles. The minimum Gasteiger partial charge on any atom is -0.495 e. The lowest BCUT2D eigenvalue weighted by Crippen LogP contribution is -2.30. The van der Waals surface area contributed by atoms with Crippen LogP contribution in [0.25, 0.3) is 0 Å². The molecule has 3 heteroatoms. The standard InChI is InChI=1S/C17H20N2O/c1-12-3-6-17(20-2)16(9-12)19-8-7-13-4-5-15(18)10-14(13)11-19/h3-6,9-10H,7-8,11,18H2,1-2H3. The zero-order chi connectivity index (χ0) is 14.1. The number of aryl methyl sites for hydroxylation is 1. The first-order valence-electron chi connectivity index (χ1n) is 6.94. The Kier molecular flexibility index (Phi) is 3.26. The van der Waals surface area contributed by atoms with Crippen molar-refractivity contribution in [3.05, 3.63) is 53.1 Å². The second-order valence-electron chi connectivity index (χ2n) is 5.38. The Bertz CT molecular complexity index is 637. The highest BCUT2D eigenvalue weighted by atomic mass is 16.5. The number of rotatable bonds is 2. The van der Waals surface area contributed by atoms with Crippen LogP contribution >= 0.6 is 0 Å². The number of hydrogen-bond donors (Lipinski definition) is 1. The number of hydrogen-bond acceptors (Lipinski definition) is 3. The zero-order valence-electron chi connectivity index (χ0n) is 12.0. The molecule has 0 amide bonds. The van der Waals surface area contributed by atoms with Crippen LogP contribution in [0.4, 0.5) is 11.4 Å². The average molecular weight is 268 g/mol. The molecule has 0 unspecified atom stereocenters. The van der Waals surface area contributed by atoms with Crippen LogP contribution in [-0.4, -0.2) is 13.7 Å². The third-order valence-electron chi connectivity index (χ3n) is 3.92. The van der Waals surface area contributed by atoms with Crippen molar-refractivity contribution in [2.24, 2.45) is 0 Å². The van der Waals surface area contributed by atoms with Crippen molar-refractivity contribution in [2.45, 2.75) is 19.9 Å². The summed E-state index contributed by atoms with van der Waals surface area (Å²) in [6, 6.07) is 12.5. The number of nitrogen functional groups attached to an aromatic ring is 1. The van der Waals surface area contributed by atoms with E-state index in [0.29, 0.717) is 0 Å². The number of benzene rings is 2. The van der Waals surface area contributed by atoms with Crippen LogP contribution in [0.15, 0.2) is 36.4 Å². The minimum atomic E-state index is 0.835. The first kappa shape index (κ1) is 12.9. The maximum absolute atomic E-state index is 5.90. The molecule has 0 saturated carbocycles. The lowest BCUT2D eigenvalue weighted by Gasteiger charge is -2.32. The lowest BCUT2D eigenvalue weighted by molar-refractivity contribution is 0.413. The van der Waals surface area contributed by atoms with E-state index in [1.165, 1.54) is 22.4 Å². The molecule has 1 heterocycles. The van der Waals surface area contributed by atoms with Crippen molar-refractivity contribution in [3.63, 3.8) is 0 Å². The van der Waals surface area contributed by atoms with Crippen molar-refractivity contribution in [1.29, 1.82) is 0 Å². The molecule has 2 N–H and O–H groups in total. The van der Waals surface area contributed by atoms with Gasteiger partial charge in [-0.1, -0.05) is 12.1 Å². The number of fused-ring (bicyclic) bond motifs is 1. The Balaban J connectivity index is 1.95. The van der Waals surface area contributed by atoms with E-state index in [1.54, 1.807) is 7.11 Å². The predicted molar refractivity (Wildman–Crippen MR) is 83.3 cm³/mol. The van der Waals surface area contributed by atoms with Gasteiger partial charge in [0.1, 0.15) is 5.75 Å². The molecule has 104 valence electrons. The number of ether oxygens (including phenoxy) is 1. The van der Waals surface area contributed by atoms with E-state index in [-0.39, 0.29) is 0 Å². The summed E-state index contributed by atoms with van der Waals surface area (Å²) in [6.07, 6.45) is 1.05. The van der Waals surface area contributed by atoms with Crippen LogP contribution in [0.1, 0.15) is 16.7 Å². The Labute approximate surface area is 120 Å². The van der Waals surface area contributed by atoms with Gasteiger partial charge in [-0.3, -0.25) is 0 Å². The van der Waals surface area contributed by atoms with Crippen molar-refractivity contribution in [1.82, 2.24) is 0 Å². The van der Waals surface area contributed by atoms with Crippen LogP contribution in [0.3, 0.4) is 0 Å². The second kappa shape index (κ2) is 5.08. The molecule has 1 aliphatic heterocycles. The largest absolute Gasteiger partial charge is 0.495 e. The average Bonchev–Trinajstić information content (AvgIpc) is 2.46. The molecule has 2 aromatic carbocycles. The van der Waals surface area contributed by atoms with E-state index < -0.39 is 0 Å². The summed E-state index contributed by atoms with van der Waals surface area (Å²) in [5.74, 6) is 0.933. The molecule has 0 aromatic heterocycles. The third kappa shape index (κ3) is 2.31. The first-order chi connectivity index (χ1) is 9.67. The predicted octanol–water partition coefficient (Wildman–Crippen LogP) is 3.15. The molecule has 20 heavy (non-hydrogen) atoms. The molecule has 2 aromatic rings. The van der Waals surface area contributed by atoms with Gasteiger partial charge in [-0.05, 0) is 54.3 Å². The van der Waals surface area contributed by atoms with Gasteiger partial charge in [0.25, 0.3) is 0 Å². The maximum Gasteiger partial charge on any atom is 0.142 e. The Hall–Kier alpha value is -2.16. The Morgan fingerprint density at radius 1 is 1.10 bits per heavy atom. The molecular formula is C17H20N2O.